The Hall–Kier alpha value is -1.95. The number of carbonyl (C=O) groups excluding carboxylic acids is 2. The first-order chi connectivity index (χ1) is 7.70. The lowest BCUT2D eigenvalue weighted by atomic mass is 10.2. The summed E-state index contributed by atoms with van der Waals surface area (Å²) in [5.41, 5.74) is 6.85. The molecular weight excluding hydrogens is 208 g/mol. The van der Waals surface area contributed by atoms with Crippen molar-refractivity contribution in [3.8, 4) is 0 Å². The maximum Gasteiger partial charge on any atom is 0.328 e. The van der Waals surface area contributed by atoms with Crippen molar-refractivity contribution in [2.75, 3.05) is 11.4 Å². The molecule has 0 saturated carbocycles. The van der Waals surface area contributed by atoms with Gasteiger partial charge in [0.05, 0.1) is 17.6 Å². The van der Waals surface area contributed by atoms with Gasteiger partial charge in [0, 0.05) is 19.5 Å². The van der Waals surface area contributed by atoms with Crippen LogP contribution in [0.25, 0.3) is 0 Å². The van der Waals surface area contributed by atoms with Gasteiger partial charge in [-0.2, -0.15) is 0 Å². The molecule has 2 rings (SSSR count). The first kappa shape index (κ1) is 10.6. The summed E-state index contributed by atoms with van der Waals surface area (Å²) < 4.78 is 0. The molecule has 6 heteroatoms. The van der Waals surface area contributed by atoms with Crippen LogP contribution in [0.4, 0.5) is 10.5 Å². The van der Waals surface area contributed by atoms with E-state index >= 15 is 0 Å². The molecule has 6 nitrogen and oxygen atoms in total. The molecule has 1 aromatic heterocycles. The number of aromatic nitrogens is 1. The summed E-state index contributed by atoms with van der Waals surface area (Å²) in [6, 6.07) is 3.13. The summed E-state index contributed by atoms with van der Waals surface area (Å²) in [5, 5.41) is 2.25. The van der Waals surface area contributed by atoms with Crippen molar-refractivity contribution in [3.05, 3.63) is 24.0 Å². The Morgan fingerprint density at radius 3 is 2.81 bits per heavy atom. The van der Waals surface area contributed by atoms with E-state index in [0.29, 0.717) is 25.2 Å². The van der Waals surface area contributed by atoms with Crippen LogP contribution in [0.3, 0.4) is 0 Å². The Balaban J connectivity index is 2.17. The summed E-state index contributed by atoms with van der Waals surface area (Å²) in [6.45, 7) is 0.749. The molecule has 1 aromatic rings. The van der Waals surface area contributed by atoms with Gasteiger partial charge in [0.2, 0.25) is 5.91 Å². The average molecular weight is 220 g/mol. The van der Waals surface area contributed by atoms with E-state index in [1.54, 1.807) is 18.3 Å². The highest BCUT2D eigenvalue weighted by molar-refractivity contribution is 6.05. The molecule has 0 radical (unpaired) electrons. The number of hydrogen-bond acceptors (Lipinski definition) is 4. The van der Waals surface area contributed by atoms with Gasteiger partial charge in [-0.05, 0) is 12.1 Å². The van der Waals surface area contributed by atoms with Crippen molar-refractivity contribution < 1.29 is 9.59 Å². The van der Waals surface area contributed by atoms with E-state index in [2.05, 4.69) is 10.3 Å². The molecule has 16 heavy (non-hydrogen) atoms. The zero-order valence-electron chi connectivity index (χ0n) is 8.64. The van der Waals surface area contributed by atoms with Crippen molar-refractivity contribution in [1.29, 1.82) is 0 Å². The van der Waals surface area contributed by atoms with Gasteiger partial charge in [0.15, 0.2) is 0 Å². The predicted octanol–water partition coefficient (Wildman–Crippen LogP) is -0.0134. The fourth-order valence-electron chi connectivity index (χ4n) is 1.51. The van der Waals surface area contributed by atoms with Gasteiger partial charge in [-0.1, -0.05) is 0 Å². The lowest BCUT2D eigenvalue weighted by Crippen LogP contribution is -2.49. The molecule has 84 valence electrons. The number of nitrogens with one attached hydrogen (secondary N) is 1. The molecule has 3 amide bonds. The van der Waals surface area contributed by atoms with Gasteiger partial charge >= 0.3 is 6.03 Å². The third kappa shape index (κ3) is 2.01. The van der Waals surface area contributed by atoms with Crippen LogP contribution >= 0.6 is 0 Å². The molecule has 1 fully saturated rings. The third-order valence-corrected chi connectivity index (χ3v) is 2.38. The van der Waals surface area contributed by atoms with E-state index in [4.69, 9.17) is 5.73 Å². The summed E-state index contributed by atoms with van der Waals surface area (Å²) >= 11 is 0. The van der Waals surface area contributed by atoms with Crippen molar-refractivity contribution >= 4 is 17.6 Å². The van der Waals surface area contributed by atoms with Crippen LogP contribution in [0, 0.1) is 0 Å². The van der Waals surface area contributed by atoms with Crippen LogP contribution in [0.15, 0.2) is 18.3 Å². The monoisotopic (exact) mass is 220 g/mol. The van der Waals surface area contributed by atoms with Gasteiger partial charge in [0.1, 0.15) is 0 Å². The third-order valence-electron chi connectivity index (χ3n) is 2.38. The van der Waals surface area contributed by atoms with Crippen LogP contribution in [0.1, 0.15) is 12.1 Å². The normalized spacial score (nSPS) is 16.2. The van der Waals surface area contributed by atoms with Gasteiger partial charge in [-0.25, -0.2) is 4.79 Å². The van der Waals surface area contributed by atoms with Crippen LogP contribution in [-0.2, 0) is 11.3 Å². The molecule has 2 heterocycles. The number of rotatable bonds is 2. The van der Waals surface area contributed by atoms with Gasteiger partial charge in [-0.3, -0.25) is 20.0 Å². The smallest absolute Gasteiger partial charge is 0.325 e. The first-order valence-electron chi connectivity index (χ1n) is 4.97. The van der Waals surface area contributed by atoms with E-state index < -0.39 is 6.03 Å². The number of nitrogens with two attached hydrogens (primary N) is 1. The quantitative estimate of drug-likeness (QED) is 0.733. The number of urea groups is 1. The zero-order chi connectivity index (χ0) is 11.5. The second kappa shape index (κ2) is 4.28. The van der Waals surface area contributed by atoms with Crippen molar-refractivity contribution in [1.82, 2.24) is 10.3 Å². The minimum atomic E-state index is -0.404. The molecule has 0 unspecified atom stereocenters. The number of imide groups is 1. The maximum atomic E-state index is 11.5. The molecule has 0 aromatic carbocycles. The van der Waals surface area contributed by atoms with Gasteiger partial charge in [-0.15, -0.1) is 0 Å². The van der Waals surface area contributed by atoms with E-state index in [-0.39, 0.29) is 5.91 Å². The van der Waals surface area contributed by atoms with E-state index in [0.717, 1.165) is 5.69 Å². The highest BCUT2D eigenvalue weighted by Gasteiger charge is 2.24. The second-order valence-electron chi connectivity index (χ2n) is 3.47. The predicted molar refractivity (Wildman–Crippen MR) is 57.6 cm³/mol. The summed E-state index contributed by atoms with van der Waals surface area (Å²) in [7, 11) is 0. The Kier molecular flexibility index (Phi) is 2.82. The number of amides is 3. The molecule has 0 bridgehead atoms. The minimum absolute atomic E-state index is 0.243. The fraction of sp³-hybridized carbons (Fsp3) is 0.300. The molecule has 1 aliphatic rings. The van der Waals surface area contributed by atoms with E-state index in [1.807, 2.05) is 0 Å². The first-order valence-corrected chi connectivity index (χ1v) is 4.97. The highest BCUT2D eigenvalue weighted by atomic mass is 16.2. The minimum Gasteiger partial charge on any atom is -0.325 e. The van der Waals surface area contributed by atoms with Gasteiger partial charge in [0.25, 0.3) is 0 Å². The highest BCUT2D eigenvalue weighted by Crippen LogP contribution is 2.15. The van der Waals surface area contributed by atoms with Crippen LogP contribution in [-0.4, -0.2) is 23.5 Å². The number of nitrogens with zero attached hydrogens (tertiary/aromatic N) is 2. The summed E-state index contributed by atoms with van der Waals surface area (Å²) in [5.74, 6) is -0.243. The van der Waals surface area contributed by atoms with Crippen molar-refractivity contribution in [2.45, 2.75) is 13.0 Å². The number of anilines is 1. The van der Waals surface area contributed by atoms with Crippen LogP contribution in [0.5, 0.6) is 0 Å². The summed E-state index contributed by atoms with van der Waals surface area (Å²) in [4.78, 5) is 28.0. The number of pyridine rings is 1. The molecular formula is C10H12N4O2. The topological polar surface area (TPSA) is 88.3 Å². The van der Waals surface area contributed by atoms with Crippen LogP contribution in [0.2, 0.25) is 0 Å². The fourth-order valence-corrected chi connectivity index (χ4v) is 1.51. The Morgan fingerprint density at radius 2 is 2.25 bits per heavy atom. The summed E-state index contributed by atoms with van der Waals surface area (Å²) in [6.07, 6.45) is 1.89. The largest absolute Gasteiger partial charge is 0.328 e. The molecule has 1 aliphatic heterocycles. The van der Waals surface area contributed by atoms with E-state index in [1.165, 1.54) is 4.90 Å². The van der Waals surface area contributed by atoms with Crippen molar-refractivity contribution in [2.24, 2.45) is 5.73 Å². The Bertz CT molecular complexity index is 415. The molecule has 0 aliphatic carbocycles. The average Bonchev–Trinajstić information content (AvgIpc) is 2.29. The van der Waals surface area contributed by atoms with Crippen molar-refractivity contribution in [3.63, 3.8) is 0 Å². The van der Waals surface area contributed by atoms with Crippen LogP contribution < -0.4 is 16.0 Å². The van der Waals surface area contributed by atoms with E-state index in [9.17, 15) is 9.59 Å². The molecule has 3 N–H and O–H groups in total. The Morgan fingerprint density at radius 1 is 1.44 bits per heavy atom. The Labute approximate surface area is 92.4 Å². The number of hydrogen-bond donors (Lipinski definition) is 2. The zero-order valence-corrected chi connectivity index (χ0v) is 8.64. The SMILES string of the molecule is NCc1ccc(N2CCC(=O)NC2=O)cn1. The second-order valence-corrected chi connectivity index (χ2v) is 3.47. The standard InChI is InChI=1S/C10H12N4O2/c11-5-7-1-2-8(6-12-7)14-4-3-9(15)13-10(14)16/h1-2,6H,3-5,11H2,(H,13,15,16). The maximum absolute atomic E-state index is 11.5. The molecule has 0 spiro atoms. The molecule has 0 atom stereocenters. The lowest BCUT2D eigenvalue weighted by Gasteiger charge is -2.26. The lowest BCUT2D eigenvalue weighted by molar-refractivity contribution is -0.120. The number of carbonyl (C=O) groups is 2. The molecule has 1 saturated heterocycles. The van der Waals surface area contributed by atoms with Gasteiger partial charge < -0.3 is 5.73 Å².